The van der Waals surface area contributed by atoms with Crippen molar-refractivity contribution in [2.24, 2.45) is 0 Å². The van der Waals surface area contributed by atoms with E-state index in [1.807, 2.05) is 30.5 Å². The maximum absolute atomic E-state index is 12.2. The highest BCUT2D eigenvalue weighted by Crippen LogP contribution is 2.24. The molecule has 0 bridgehead atoms. The van der Waals surface area contributed by atoms with Crippen LogP contribution in [0.25, 0.3) is 16.4 Å². The molecule has 0 aliphatic carbocycles. The molecule has 6 nitrogen and oxygen atoms in total. The summed E-state index contributed by atoms with van der Waals surface area (Å²) < 4.78 is 6.98. The van der Waals surface area contributed by atoms with Gasteiger partial charge in [0.25, 0.3) is 0 Å². The van der Waals surface area contributed by atoms with Gasteiger partial charge in [-0.1, -0.05) is 29.8 Å². The molecular formula is C20H16N4O2S. The quantitative estimate of drug-likeness (QED) is 0.491. The largest absolute Gasteiger partial charge is 0.456 e. The van der Waals surface area contributed by atoms with Crippen molar-refractivity contribution in [1.29, 1.82) is 0 Å². The highest BCUT2D eigenvalue weighted by Gasteiger charge is 2.11. The highest BCUT2D eigenvalue weighted by atomic mass is 32.1. The average molecular weight is 376 g/mol. The molecule has 0 radical (unpaired) electrons. The molecule has 0 aliphatic rings. The summed E-state index contributed by atoms with van der Waals surface area (Å²) >= 11 is 1.53. The van der Waals surface area contributed by atoms with Crippen LogP contribution in [0, 0.1) is 6.92 Å². The van der Waals surface area contributed by atoms with Gasteiger partial charge in [-0.25, -0.2) is 19.4 Å². The predicted molar refractivity (Wildman–Crippen MR) is 103 cm³/mol. The number of benzene rings is 1. The Hall–Kier alpha value is -3.32. The number of carbonyl (C=O) groups excluding carboxylic acids is 1. The molecule has 0 unspecified atom stereocenters. The molecular weight excluding hydrogens is 360 g/mol. The van der Waals surface area contributed by atoms with Crippen LogP contribution < -0.4 is 0 Å². The van der Waals surface area contributed by atoms with E-state index in [0.717, 1.165) is 16.3 Å². The molecule has 3 aromatic heterocycles. The minimum Gasteiger partial charge on any atom is -0.456 e. The molecule has 0 aliphatic heterocycles. The third kappa shape index (κ3) is 3.93. The van der Waals surface area contributed by atoms with Crippen molar-refractivity contribution >= 4 is 17.3 Å². The van der Waals surface area contributed by atoms with Crippen molar-refractivity contribution in [2.75, 3.05) is 0 Å². The summed E-state index contributed by atoms with van der Waals surface area (Å²) in [7, 11) is 0. The monoisotopic (exact) mass is 376 g/mol. The number of esters is 1. The van der Waals surface area contributed by atoms with Crippen LogP contribution >= 0.6 is 11.3 Å². The fourth-order valence-electron chi connectivity index (χ4n) is 2.47. The van der Waals surface area contributed by atoms with Crippen LogP contribution in [0.2, 0.25) is 0 Å². The second kappa shape index (κ2) is 7.51. The first-order valence-electron chi connectivity index (χ1n) is 8.34. The van der Waals surface area contributed by atoms with Gasteiger partial charge < -0.3 is 4.74 Å². The van der Waals surface area contributed by atoms with Crippen molar-refractivity contribution in [2.45, 2.75) is 13.5 Å². The number of carbonyl (C=O) groups is 1. The van der Waals surface area contributed by atoms with Gasteiger partial charge in [-0.05, 0) is 25.1 Å². The Bertz CT molecular complexity index is 1040. The first-order chi connectivity index (χ1) is 13.2. The van der Waals surface area contributed by atoms with Gasteiger partial charge >= 0.3 is 5.97 Å². The lowest BCUT2D eigenvalue weighted by molar-refractivity contribution is 0.0468. The van der Waals surface area contributed by atoms with Crippen LogP contribution in [-0.4, -0.2) is 25.7 Å². The summed E-state index contributed by atoms with van der Waals surface area (Å²) in [5, 5.41) is 6.91. The van der Waals surface area contributed by atoms with Gasteiger partial charge in [0.05, 0.1) is 11.3 Å². The number of thiazole rings is 1. The lowest BCUT2D eigenvalue weighted by atomic mass is 10.2. The summed E-state index contributed by atoms with van der Waals surface area (Å²) in [5.74, 6) is 0.207. The molecule has 4 rings (SSSR count). The van der Waals surface area contributed by atoms with E-state index in [1.54, 1.807) is 29.2 Å². The zero-order chi connectivity index (χ0) is 18.6. The Morgan fingerprint density at radius 2 is 2.04 bits per heavy atom. The lowest BCUT2D eigenvalue weighted by Crippen LogP contribution is -2.07. The maximum Gasteiger partial charge on any atom is 0.340 e. The minimum atomic E-state index is -0.431. The summed E-state index contributed by atoms with van der Waals surface area (Å²) in [6, 6.07) is 13.4. The van der Waals surface area contributed by atoms with E-state index in [1.165, 1.54) is 23.1 Å². The zero-order valence-electron chi connectivity index (χ0n) is 14.6. The molecule has 0 spiro atoms. The Balaban J connectivity index is 1.38. The fourth-order valence-corrected chi connectivity index (χ4v) is 3.28. The van der Waals surface area contributed by atoms with Crippen LogP contribution in [0.5, 0.6) is 0 Å². The smallest absolute Gasteiger partial charge is 0.340 e. The van der Waals surface area contributed by atoms with Gasteiger partial charge in [-0.15, -0.1) is 11.3 Å². The molecule has 0 amide bonds. The second-order valence-electron chi connectivity index (χ2n) is 5.94. The molecule has 0 N–H and O–H groups in total. The lowest BCUT2D eigenvalue weighted by Gasteiger charge is -2.04. The third-order valence-corrected chi connectivity index (χ3v) is 4.86. The van der Waals surface area contributed by atoms with Gasteiger partial charge in [0, 0.05) is 29.5 Å². The number of aryl methyl sites for hydroxylation is 1. The summed E-state index contributed by atoms with van der Waals surface area (Å²) in [4.78, 5) is 21.0. The van der Waals surface area contributed by atoms with Gasteiger partial charge in [-0.3, -0.25) is 0 Å². The number of pyridine rings is 1. The summed E-state index contributed by atoms with van der Waals surface area (Å²) in [6.07, 6.45) is 4.94. The van der Waals surface area contributed by atoms with Gasteiger partial charge in [-0.2, -0.15) is 5.10 Å². The molecule has 7 heteroatoms. The summed E-state index contributed by atoms with van der Waals surface area (Å²) in [5.41, 5.74) is 3.38. The Morgan fingerprint density at radius 1 is 1.19 bits per heavy atom. The number of aromatic nitrogens is 4. The molecule has 0 atom stereocenters. The predicted octanol–water partition coefficient (Wildman–Crippen LogP) is 4.06. The van der Waals surface area contributed by atoms with Crippen molar-refractivity contribution in [3.8, 4) is 16.4 Å². The molecule has 0 saturated carbocycles. The molecule has 0 fully saturated rings. The van der Waals surface area contributed by atoms with Crippen molar-refractivity contribution in [3.63, 3.8) is 0 Å². The van der Waals surface area contributed by atoms with Crippen LogP contribution in [-0.2, 0) is 11.3 Å². The van der Waals surface area contributed by atoms with Crippen molar-refractivity contribution < 1.29 is 9.53 Å². The van der Waals surface area contributed by atoms with Crippen molar-refractivity contribution in [3.05, 3.63) is 83.3 Å². The Morgan fingerprint density at radius 3 is 2.74 bits per heavy atom. The second-order valence-corrected chi connectivity index (χ2v) is 6.80. The molecule has 3 heterocycles. The molecule has 0 saturated heterocycles. The third-order valence-electron chi connectivity index (χ3n) is 3.92. The zero-order valence-corrected chi connectivity index (χ0v) is 15.4. The Labute approximate surface area is 160 Å². The normalized spacial score (nSPS) is 10.7. The van der Waals surface area contributed by atoms with E-state index in [4.69, 9.17) is 4.74 Å². The molecule has 27 heavy (non-hydrogen) atoms. The molecule has 134 valence electrons. The van der Waals surface area contributed by atoms with Crippen LogP contribution in [0.4, 0.5) is 0 Å². The highest BCUT2D eigenvalue weighted by molar-refractivity contribution is 7.13. The number of hydrogen-bond donors (Lipinski definition) is 0. The Kier molecular flexibility index (Phi) is 4.76. The minimum absolute atomic E-state index is 0.127. The maximum atomic E-state index is 12.2. The number of rotatable bonds is 5. The van der Waals surface area contributed by atoms with Gasteiger partial charge in [0.2, 0.25) is 0 Å². The standard InChI is InChI=1S/C20H16N4O2S/c1-14-3-5-15(6-4-14)19-23-17(13-27-19)12-26-20(25)16-7-8-18(21-11-16)24-10-2-9-22-24/h2-11,13H,12H2,1H3. The molecule has 1 aromatic carbocycles. The van der Waals surface area contributed by atoms with E-state index in [9.17, 15) is 4.79 Å². The first kappa shape index (κ1) is 17.1. The van der Waals surface area contributed by atoms with Crippen LogP contribution in [0.3, 0.4) is 0 Å². The number of ether oxygens (including phenoxy) is 1. The number of hydrogen-bond acceptors (Lipinski definition) is 6. The van der Waals surface area contributed by atoms with Crippen LogP contribution in [0.15, 0.2) is 66.4 Å². The van der Waals surface area contributed by atoms with E-state index in [-0.39, 0.29) is 6.61 Å². The topological polar surface area (TPSA) is 69.9 Å². The van der Waals surface area contributed by atoms with Crippen LogP contribution in [0.1, 0.15) is 21.6 Å². The van der Waals surface area contributed by atoms with E-state index in [2.05, 4.69) is 27.2 Å². The van der Waals surface area contributed by atoms with E-state index >= 15 is 0 Å². The average Bonchev–Trinajstić information content (AvgIpc) is 3.39. The van der Waals surface area contributed by atoms with Crippen molar-refractivity contribution in [1.82, 2.24) is 19.7 Å². The van der Waals surface area contributed by atoms with Gasteiger partial charge in [0.1, 0.15) is 11.6 Å². The van der Waals surface area contributed by atoms with Gasteiger partial charge in [0.15, 0.2) is 5.82 Å². The first-order valence-corrected chi connectivity index (χ1v) is 9.22. The summed E-state index contributed by atoms with van der Waals surface area (Å²) in [6.45, 7) is 2.18. The van der Waals surface area contributed by atoms with E-state index in [0.29, 0.717) is 11.4 Å². The fraction of sp³-hybridized carbons (Fsp3) is 0.100. The SMILES string of the molecule is Cc1ccc(-c2nc(COC(=O)c3ccc(-n4cccn4)nc3)cs2)cc1. The molecule has 4 aromatic rings. The van der Waals surface area contributed by atoms with E-state index < -0.39 is 5.97 Å². The number of nitrogens with zero attached hydrogens (tertiary/aromatic N) is 4.